The Morgan fingerprint density at radius 2 is 2.12 bits per heavy atom. The number of hydrogen-bond donors (Lipinski definition) is 2. The van der Waals surface area contributed by atoms with Crippen molar-refractivity contribution in [3.63, 3.8) is 0 Å². The van der Waals surface area contributed by atoms with E-state index in [1.807, 2.05) is 6.20 Å². The number of hydrogen-bond acceptors (Lipinski definition) is 2. The molecule has 0 spiro atoms. The molecule has 1 aromatic heterocycles. The number of nitrogens with zero attached hydrogens (tertiary/aromatic N) is 1. The molecule has 1 fully saturated rings. The van der Waals surface area contributed by atoms with Crippen LogP contribution >= 0.6 is 12.2 Å². The molecule has 0 amide bonds. The van der Waals surface area contributed by atoms with E-state index >= 15 is 0 Å². The van der Waals surface area contributed by atoms with Crippen molar-refractivity contribution in [3.05, 3.63) is 16.7 Å². The van der Waals surface area contributed by atoms with Crippen molar-refractivity contribution >= 4 is 12.2 Å². The largest absolute Gasteiger partial charge is 0.390 e. The summed E-state index contributed by atoms with van der Waals surface area (Å²) >= 11 is 5.23. The van der Waals surface area contributed by atoms with Gasteiger partial charge in [0.1, 0.15) is 0 Å². The van der Waals surface area contributed by atoms with Gasteiger partial charge in [-0.2, -0.15) is 0 Å². The second-order valence-electron chi connectivity index (χ2n) is 4.98. The molecule has 16 heavy (non-hydrogen) atoms. The lowest BCUT2D eigenvalue weighted by Gasteiger charge is -2.26. The smallest absolute Gasteiger partial charge is 0.177 e. The molecule has 0 aromatic carbocycles. The first-order valence-electron chi connectivity index (χ1n) is 6.08. The van der Waals surface area contributed by atoms with E-state index in [9.17, 15) is 5.11 Å². The predicted molar refractivity (Wildman–Crippen MR) is 66.7 cm³/mol. The van der Waals surface area contributed by atoms with Gasteiger partial charge in [0, 0.05) is 12.7 Å². The Kier molecular flexibility index (Phi) is 3.82. The molecule has 0 aliphatic heterocycles. The predicted octanol–water partition coefficient (Wildman–Crippen LogP) is 2.86. The Bertz CT molecular complexity index is 388. The zero-order valence-electron chi connectivity index (χ0n) is 9.78. The van der Waals surface area contributed by atoms with Crippen LogP contribution in [0.1, 0.15) is 38.3 Å². The fourth-order valence-corrected chi connectivity index (χ4v) is 2.78. The molecule has 0 unspecified atom stereocenters. The molecule has 1 saturated carbocycles. The van der Waals surface area contributed by atoms with E-state index in [1.165, 1.54) is 25.7 Å². The molecule has 0 saturated heterocycles. The van der Waals surface area contributed by atoms with Crippen molar-refractivity contribution in [2.24, 2.45) is 11.8 Å². The van der Waals surface area contributed by atoms with E-state index in [0.717, 1.165) is 28.8 Å². The first-order chi connectivity index (χ1) is 7.70. The van der Waals surface area contributed by atoms with Crippen LogP contribution in [-0.2, 0) is 13.2 Å². The second kappa shape index (κ2) is 5.15. The zero-order chi connectivity index (χ0) is 11.5. The minimum Gasteiger partial charge on any atom is -0.390 e. The highest BCUT2D eigenvalue weighted by Gasteiger charge is 2.19. The van der Waals surface area contributed by atoms with Crippen LogP contribution in [0, 0.1) is 16.6 Å². The summed E-state index contributed by atoms with van der Waals surface area (Å²) < 4.78 is 2.79. The van der Waals surface area contributed by atoms with Gasteiger partial charge in [-0.25, -0.2) is 0 Å². The van der Waals surface area contributed by atoms with Crippen LogP contribution in [0.5, 0.6) is 0 Å². The minimum absolute atomic E-state index is 0.0657. The Morgan fingerprint density at radius 3 is 2.75 bits per heavy atom. The molecule has 2 N–H and O–H groups in total. The third-order valence-corrected chi connectivity index (χ3v) is 4.03. The number of aliphatic hydroxyl groups is 1. The molecule has 90 valence electrons. The van der Waals surface area contributed by atoms with Crippen LogP contribution in [-0.4, -0.2) is 14.7 Å². The number of H-pyrrole nitrogens is 1. The minimum atomic E-state index is 0.0657. The molecule has 1 heterocycles. The van der Waals surface area contributed by atoms with Crippen LogP contribution in [0.4, 0.5) is 0 Å². The van der Waals surface area contributed by atoms with Crippen LogP contribution in [0.2, 0.25) is 0 Å². The third kappa shape index (κ3) is 2.55. The number of aromatic amines is 1. The summed E-state index contributed by atoms with van der Waals surface area (Å²) in [6.07, 6.45) is 7.06. The lowest BCUT2D eigenvalue weighted by atomic mass is 9.83. The number of imidazole rings is 1. The van der Waals surface area contributed by atoms with Gasteiger partial charge >= 0.3 is 0 Å². The molecule has 1 aromatic rings. The van der Waals surface area contributed by atoms with Crippen molar-refractivity contribution in [2.45, 2.75) is 45.8 Å². The molecular formula is C12H20N2OS. The summed E-state index contributed by atoms with van der Waals surface area (Å²) in [5, 5.41) is 9.22. The Hall–Kier alpha value is -0.610. The maximum absolute atomic E-state index is 9.22. The number of aliphatic hydroxyl groups excluding tert-OH is 1. The van der Waals surface area contributed by atoms with Crippen LogP contribution < -0.4 is 0 Å². The average molecular weight is 240 g/mol. The highest BCUT2D eigenvalue weighted by atomic mass is 32.1. The molecule has 4 heteroatoms. The maximum Gasteiger partial charge on any atom is 0.177 e. The molecule has 0 radical (unpaired) electrons. The monoisotopic (exact) mass is 240 g/mol. The van der Waals surface area contributed by atoms with Crippen LogP contribution in [0.25, 0.3) is 0 Å². The first-order valence-corrected chi connectivity index (χ1v) is 6.49. The highest BCUT2D eigenvalue weighted by Crippen LogP contribution is 2.29. The van der Waals surface area contributed by atoms with Gasteiger partial charge < -0.3 is 14.7 Å². The Balaban J connectivity index is 2.03. The Labute approximate surface area is 102 Å². The maximum atomic E-state index is 9.22. The topological polar surface area (TPSA) is 41.0 Å². The normalized spacial score (nSPS) is 25.9. The van der Waals surface area contributed by atoms with Gasteiger partial charge in [0.2, 0.25) is 0 Å². The molecule has 0 atom stereocenters. The van der Waals surface area contributed by atoms with Gasteiger partial charge in [-0.1, -0.05) is 19.8 Å². The quantitative estimate of drug-likeness (QED) is 0.798. The molecule has 2 rings (SSSR count). The number of aromatic nitrogens is 2. The SMILES string of the molecule is CC1CCC(Cn2c(CO)c[nH]c2=S)CC1. The van der Waals surface area contributed by atoms with Gasteiger partial charge in [-0.05, 0) is 36.9 Å². The average Bonchev–Trinajstić information content (AvgIpc) is 2.63. The Morgan fingerprint density at radius 1 is 1.44 bits per heavy atom. The zero-order valence-corrected chi connectivity index (χ0v) is 10.6. The fraction of sp³-hybridized carbons (Fsp3) is 0.750. The standard InChI is InChI=1S/C12H20N2OS/c1-9-2-4-10(5-3-9)7-14-11(8-15)6-13-12(14)16/h6,9-10,15H,2-5,7-8H2,1H3,(H,13,16). The molecular weight excluding hydrogens is 220 g/mol. The summed E-state index contributed by atoms with van der Waals surface area (Å²) in [4.78, 5) is 3.00. The van der Waals surface area contributed by atoms with E-state index in [2.05, 4.69) is 16.5 Å². The fourth-order valence-electron chi connectivity index (χ4n) is 2.53. The summed E-state index contributed by atoms with van der Waals surface area (Å²) in [5.41, 5.74) is 0.906. The van der Waals surface area contributed by atoms with E-state index in [0.29, 0.717) is 0 Å². The van der Waals surface area contributed by atoms with Crippen LogP contribution in [0.15, 0.2) is 6.20 Å². The van der Waals surface area contributed by atoms with Crippen molar-refractivity contribution < 1.29 is 5.11 Å². The summed E-state index contributed by atoms with van der Waals surface area (Å²) in [6, 6.07) is 0. The van der Waals surface area contributed by atoms with Crippen molar-refractivity contribution in [1.82, 2.24) is 9.55 Å². The van der Waals surface area contributed by atoms with E-state index in [1.54, 1.807) is 0 Å². The van der Waals surface area contributed by atoms with Gasteiger partial charge in [0.25, 0.3) is 0 Å². The van der Waals surface area contributed by atoms with Gasteiger partial charge in [0.15, 0.2) is 4.77 Å². The van der Waals surface area contributed by atoms with Crippen LogP contribution in [0.3, 0.4) is 0 Å². The van der Waals surface area contributed by atoms with Gasteiger partial charge in [0.05, 0.1) is 12.3 Å². The lowest BCUT2D eigenvalue weighted by Crippen LogP contribution is -2.18. The first kappa shape index (κ1) is 11.9. The van der Waals surface area contributed by atoms with Gasteiger partial charge in [-0.3, -0.25) is 0 Å². The highest BCUT2D eigenvalue weighted by molar-refractivity contribution is 7.71. The summed E-state index contributed by atoms with van der Waals surface area (Å²) in [6.45, 7) is 3.36. The third-order valence-electron chi connectivity index (χ3n) is 3.69. The summed E-state index contributed by atoms with van der Waals surface area (Å²) in [7, 11) is 0. The van der Waals surface area contributed by atoms with Crippen molar-refractivity contribution in [3.8, 4) is 0 Å². The van der Waals surface area contributed by atoms with E-state index in [-0.39, 0.29) is 6.61 Å². The lowest BCUT2D eigenvalue weighted by molar-refractivity contribution is 0.243. The molecule has 1 aliphatic rings. The summed E-state index contributed by atoms with van der Waals surface area (Å²) in [5.74, 6) is 1.61. The molecule has 3 nitrogen and oxygen atoms in total. The second-order valence-corrected chi connectivity index (χ2v) is 5.37. The van der Waals surface area contributed by atoms with E-state index < -0.39 is 0 Å². The van der Waals surface area contributed by atoms with Gasteiger partial charge in [-0.15, -0.1) is 0 Å². The molecule has 1 aliphatic carbocycles. The van der Waals surface area contributed by atoms with E-state index in [4.69, 9.17) is 12.2 Å². The number of rotatable bonds is 3. The van der Waals surface area contributed by atoms with Crippen molar-refractivity contribution in [2.75, 3.05) is 0 Å². The molecule has 0 bridgehead atoms. The van der Waals surface area contributed by atoms with Crippen molar-refractivity contribution in [1.29, 1.82) is 0 Å². The number of nitrogens with one attached hydrogen (secondary N) is 1.